The maximum atomic E-state index is 13.3. The van der Waals surface area contributed by atoms with Crippen LogP contribution in [0.2, 0.25) is 0 Å². The SMILES string of the molecule is C[C@@H](c1ccc(-c2ccc(F)cc2)cc1)N1CC[C@](C[C@H](O)CO)(c2ccccc2)CC1=O. The van der Waals surface area contributed by atoms with E-state index in [0.29, 0.717) is 19.4 Å². The topological polar surface area (TPSA) is 60.8 Å². The molecule has 3 aromatic carbocycles. The molecule has 1 aliphatic rings. The average molecular weight is 448 g/mol. The Morgan fingerprint density at radius 1 is 0.970 bits per heavy atom. The van der Waals surface area contributed by atoms with Gasteiger partial charge >= 0.3 is 0 Å². The zero-order chi connectivity index (χ0) is 23.4. The van der Waals surface area contributed by atoms with E-state index in [4.69, 9.17) is 0 Å². The van der Waals surface area contributed by atoms with Crippen LogP contribution >= 0.6 is 0 Å². The van der Waals surface area contributed by atoms with E-state index >= 15 is 0 Å². The van der Waals surface area contributed by atoms with Crippen LogP contribution < -0.4 is 0 Å². The number of hydrogen-bond donors (Lipinski definition) is 2. The third-order valence-electron chi connectivity index (χ3n) is 6.90. The van der Waals surface area contributed by atoms with E-state index in [1.54, 1.807) is 12.1 Å². The standard InChI is InChI=1S/C28H30FNO3/c1-20(21-7-9-22(10-8-21)23-11-13-25(29)14-12-23)30-16-15-28(18-27(30)33,17-26(32)19-31)24-5-3-2-4-6-24/h2-14,20,26,31-32H,15-19H2,1H3/t20-,26-,28+/m0/s1. The molecular weight excluding hydrogens is 417 g/mol. The monoisotopic (exact) mass is 447 g/mol. The number of amides is 1. The number of halogens is 1. The lowest BCUT2D eigenvalue weighted by Crippen LogP contribution is -2.48. The van der Waals surface area contributed by atoms with Gasteiger partial charge in [-0.25, -0.2) is 4.39 Å². The Morgan fingerprint density at radius 2 is 1.58 bits per heavy atom. The number of piperidine rings is 1. The van der Waals surface area contributed by atoms with Crippen molar-refractivity contribution >= 4 is 5.91 Å². The molecule has 0 saturated carbocycles. The molecule has 5 heteroatoms. The molecule has 0 aliphatic carbocycles. The fourth-order valence-electron chi connectivity index (χ4n) is 4.97. The van der Waals surface area contributed by atoms with Gasteiger partial charge in [0.25, 0.3) is 0 Å². The number of benzene rings is 3. The van der Waals surface area contributed by atoms with Crippen molar-refractivity contribution in [3.05, 3.63) is 95.8 Å². The van der Waals surface area contributed by atoms with E-state index in [9.17, 15) is 19.4 Å². The molecule has 4 nitrogen and oxygen atoms in total. The van der Waals surface area contributed by atoms with Gasteiger partial charge in [0.15, 0.2) is 0 Å². The molecule has 1 aliphatic heterocycles. The molecule has 1 saturated heterocycles. The van der Waals surface area contributed by atoms with Crippen molar-refractivity contribution in [2.75, 3.05) is 13.2 Å². The maximum Gasteiger partial charge on any atom is 0.223 e. The molecule has 3 atom stereocenters. The molecule has 0 spiro atoms. The van der Waals surface area contributed by atoms with Crippen molar-refractivity contribution in [2.45, 2.75) is 43.7 Å². The summed E-state index contributed by atoms with van der Waals surface area (Å²) in [6.07, 6.45) is 0.513. The van der Waals surface area contributed by atoms with Gasteiger partial charge in [0.1, 0.15) is 5.82 Å². The summed E-state index contributed by atoms with van der Waals surface area (Å²) in [7, 11) is 0. The summed E-state index contributed by atoms with van der Waals surface area (Å²) in [4.78, 5) is 15.2. The highest BCUT2D eigenvalue weighted by Crippen LogP contribution is 2.42. The minimum absolute atomic E-state index is 0.0466. The molecule has 1 amide bonds. The van der Waals surface area contributed by atoms with Gasteiger partial charge in [-0.2, -0.15) is 0 Å². The summed E-state index contributed by atoms with van der Waals surface area (Å²) in [6.45, 7) is 2.29. The van der Waals surface area contributed by atoms with Crippen molar-refractivity contribution in [3.63, 3.8) is 0 Å². The van der Waals surface area contributed by atoms with Crippen molar-refractivity contribution < 1.29 is 19.4 Å². The minimum atomic E-state index is -0.860. The predicted molar refractivity (Wildman–Crippen MR) is 127 cm³/mol. The van der Waals surface area contributed by atoms with Gasteiger partial charge in [0.2, 0.25) is 5.91 Å². The number of nitrogens with zero attached hydrogens (tertiary/aromatic N) is 1. The lowest BCUT2D eigenvalue weighted by atomic mass is 9.68. The fraction of sp³-hybridized carbons (Fsp3) is 0.321. The van der Waals surface area contributed by atoms with E-state index in [0.717, 1.165) is 28.7 Å². The largest absolute Gasteiger partial charge is 0.394 e. The van der Waals surface area contributed by atoms with Crippen LogP contribution in [0.1, 0.15) is 43.4 Å². The Morgan fingerprint density at radius 3 is 2.15 bits per heavy atom. The van der Waals surface area contributed by atoms with Gasteiger partial charge < -0.3 is 15.1 Å². The molecule has 172 valence electrons. The highest BCUT2D eigenvalue weighted by Gasteiger charge is 2.42. The van der Waals surface area contributed by atoms with Crippen LogP contribution in [0.15, 0.2) is 78.9 Å². The first-order valence-electron chi connectivity index (χ1n) is 11.4. The molecule has 0 aromatic heterocycles. The number of aliphatic hydroxyl groups is 2. The lowest BCUT2D eigenvalue weighted by Gasteiger charge is -2.44. The molecular formula is C28H30FNO3. The minimum Gasteiger partial charge on any atom is -0.394 e. The van der Waals surface area contributed by atoms with Gasteiger partial charge in [0.05, 0.1) is 18.8 Å². The Kier molecular flexibility index (Phi) is 6.91. The molecule has 0 radical (unpaired) electrons. The Labute approximate surface area is 194 Å². The summed E-state index contributed by atoms with van der Waals surface area (Å²) >= 11 is 0. The van der Waals surface area contributed by atoms with Crippen LogP contribution in [-0.2, 0) is 10.2 Å². The average Bonchev–Trinajstić information content (AvgIpc) is 2.85. The number of rotatable bonds is 7. The number of aliphatic hydroxyl groups excluding tert-OH is 2. The highest BCUT2D eigenvalue weighted by molar-refractivity contribution is 5.79. The molecule has 33 heavy (non-hydrogen) atoms. The summed E-state index contributed by atoms with van der Waals surface area (Å²) in [5, 5.41) is 19.7. The Hall–Kier alpha value is -3.02. The van der Waals surface area contributed by atoms with Gasteiger partial charge in [-0.15, -0.1) is 0 Å². The fourth-order valence-corrected chi connectivity index (χ4v) is 4.97. The summed E-state index contributed by atoms with van der Waals surface area (Å²) in [6, 6.07) is 24.2. The molecule has 4 rings (SSSR count). The second kappa shape index (κ2) is 9.86. The van der Waals surface area contributed by atoms with Crippen molar-refractivity contribution in [2.24, 2.45) is 0 Å². The predicted octanol–water partition coefficient (Wildman–Crippen LogP) is 4.86. The molecule has 1 heterocycles. The number of hydrogen-bond acceptors (Lipinski definition) is 3. The number of carbonyl (C=O) groups is 1. The van der Waals surface area contributed by atoms with Gasteiger partial charge in [-0.1, -0.05) is 66.7 Å². The smallest absolute Gasteiger partial charge is 0.223 e. The van der Waals surface area contributed by atoms with Crippen LogP contribution in [0.25, 0.3) is 11.1 Å². The quantitative estimate of drug-likeness (QED) is 0.544. The summed E-state index contributed by atoms with van der Waals surface area (Å²) in [5.74, 6) is -0.212. The van der Waals surface area contributed by atoms with E-state index in [1.165, 1.54) is 12.1 Å². The molecule has 0 unspecified atom stereocenters. The molecule has 0 bridgehead atoms. The lowest BCUT2D eigenvalue weighted by molar-refractivity contribution is -0.139. The molecule has 3 aromatic rings. The van der Waals surface area contributed by atoms with Gasteiger partial charge in [-0.05, 0) is 54.2 Å². The zero-order valence-corrected chi connectivity index (χ0v) is 18.8. The van der Waals surface area contributed by atoms with Crippen LogP contribution in [0.5, 0.6) is 0 Å². The number of carbonyl (C=O) groups excluding carboxylic acids is 1. The highest BCUT2D eigenvalue weighted by atomic mass is 19.1. The third-order valence-corrected chi connectivity index (χ3v) is 6.90. The third kappa shape index (κ3) is 5.00. The molecule has 2 N–H and O–H groups in total. The second-order valence-electron chi connectivity index (χ2n) is 9.01. The van der Waals surface area contributed by atoms with Gasteiger partial charge in [0, 0.05) is 18.4 Å². The Balaban J connectivity index is 1.51. The van der Waals surface area contributed by atoms with E-state index < -0.39 is 11.5 Å². The summed E-state index contributed by atoms with van der Waals surface area (Å²) < 4.78 is 13.2. The first-order chi connectivity index (χ1) is 15.9. The maximum absolute atomic E-state index is 13.3. The normalized spacial score (nSPS) is 20.5. The van der Waals surface area contributed by atoms with Crippen LogP contribution in [-0.4, -0.2) is 40.3 Å². The van der Waals surface area contributed by atoms with Crippen molar-refractivity contribution in [1.82, 2.24) is 4.90 Å². The van der Waals surface area contributed by atoms with E-state index in [2.05, 4.69) is 0 Å². The number of likely N-dealkylation sites (tertiary alicyclic amines) is 1. The van der Waals surface area contributed by atoms with E-state index in [1.807, 2.05) is 66.4 Å². The van der Waals surface area contributed by atoms with Crippen molar-refractivity contribution in [3.8, 4) is 11.1 Å². The van der Waals surface area contributed by atoms with Crippen LogP contribution in [0.3, 0.4) is 0 Å². The van der Waals surface area contributed by atoms with Crippen LogP contribution in [0.4, 0.5) is 4.39 Å². The van der Waals surface area contributed by atoms with E-state index in [-0.39, 0.29) is 24.4 Å². The zero-order valence-electron chi connectivity index (χ0n) is 18.8. The second-order valence-corrected chi connectivity index (χ2v) is 9.01. The van der Waals surface area contributed by atoms with Crippen LogP contribution in [0, 0.1) is 5.82 Å². The van der Waals surface area contributed by atoms with Gasteiger partial charge in [-0.3, -0.25) is 4.79 Å². The van der Waals surface area contributed by atoms with Crippen molar-refractivity contribution in [1.29, 1.82) is 0 Å². The first kappa shape index (κ1) is 23.1. The molecule has 1 fully saturated rings. The summed E-state index contributed by atoms with van der Waals surface area (Å²) in [5.41, 5.74) is 3.53. The first-order valence-corrected chi connectivity index (χ1v) is 11.4. The Bertz CT molecular complexity index is 1070.